The summed E-state index contributed by atoms with van der Waals surface area (Å²) in [5.41, 5.74) is 0.113. The van der Waals surface area contributed by atoms with E-state index >= 15 is 0 Å². The first-order valence-electron chi connectivity index (χ1n) is 6.40. The van der Waals surface area contributed by atoms with Crippen molar-refractivity contribution >= 4 is 0 Å². The monoisotopic (exact) mass is 213 g/mol. The summed E-state index contributed by atoms with van der Waals surface area (Å²) in [6, 6.07) is 0. The van der Waals surface area contributed by atoms with E-state index in [1.54, 1.807) is 0 Å². The molecule has 1 fully saturated rings. The Bertz CT molecular complexity index is 171. The lowest BCUT2D eigenvalue weighted by atomic mass is 9.73. The molecule has 2 atom stereocenters. The van der Waals surface area contributed by atoms with Gasteiger partial charge in [0.15, 0.2) is 0 Å². The van der Waals surface area contributed by atoms with Gasteiger partial charge in [-0.25, -0.2) is 0 Å². The first kappa shape index (κ1) is 13.0. The molecule has 0 aromatic heterocycles. The van der Waals surface area contributed by atoms with Gasteiger partial charge in [-0.05, 0) is 44.6 Å². The van der Waals surface area contributed by atoms with Gasteiger partial charge in [0.25, 0.3) is 0 Å². The molecule has 2 unspecified atom stereocenters. The molecule has 15 heavy (non-hydrogen) atoms. The normalized spacial score (nSPS) is 36.8. The molecule has 2 heteroatoms. The van der Waals surface area contributed by atoms with Gasteiger partial charge in [0, 0.05) is 13.2 Å². The molecule has 1 rings (SSSR count). The van der Waals surface area contributed by atoms with Crippen molar-refractivity contribution in [2.75, 3.05) is 20.2 Å². The first-order valence-corrected chi connectivity index (χ1v) is 6.40. The molecule has 1 saturated carbocycles. The van der Waals surface area contributed by atoms with Gasteiger partial charge in [-0.1, -0.05) is 20.8 Å². The summed E-state index contributed by atoms with van der Waals surface area (Å²) in [5, 5.41) is 3.30. The second-order valence-electron chi connectivity index (χ2n) is 5.42. The fraction of sp³-hybridized carbons (Fsp3) is 1.00. The molecule has 0 bridgehead atoms. The molecule has 1 aliphatic carbocycles. The average Bonchev–Trinajstić information content (AvgIpc) is 2.13. The van der Waals surface area contributed by atoms with Crippen LogP contribution in [-0.2, 0) is 4.74 Å². The summed E-state index contributed by atoms with van der Waals surface area (Å²) < 4.78 is 6.14. The predicted octanol–water partition coefficient (Wildman–Crippen LogP) is 2.83. The second-order valence-corrected chi connectivity index (χ2v) is 5.42. The van der Waals surface area contributed by atoms with E-state index in [9.17, 15) is 0 Å². The Balaban J connectivity index is 2.60. The molecule has 0 spiro atoms. The summed E-state index contributed by atoms with van der Waals surface area (Å²) in [6.45, 7) is 8.80. The number of nitrogens with one attached hydrogen (secondary N) is 1. The van der Waals surface area contributed by atoms with Crippen molar-refractivity contribution in [2.45, 2.75) is 52.1 Å². The molecule has 0 aromatic rings. The van der Waals surface area contributed by atoms with Gasteiger partial charge in [0.1, 0.15) is 0 Å². The van der Waals surface area contributed by atoms with Crippen molar-refractivity contribution in [3.63, 3.8) is 0 Å². The molecule has 0 radical (unpaired) electrons. The maximum Gasteiger partial charge on any atom is 0.0811 e. The van der Waals surface area contributed by atoms with Gasteiger partial charge in [0.05, 0.1) is 5.60 Å². The molecule has 1 N–H and O–H groups in total. The number of rotatable bonds is 5. The minimum atomic E-state index is 0.113. The Morgan fingerprint density at radius 2 is 1.87 bits per heavy atom. The molecule has 1 aliphatic rings. The predicted molar refractivity (Wildman–Crippen MR) is 65.1 cm³/mol. The van der Waals surface area contributed by atoms with Crippen LogP contribution in [0.3, 0.4) is 0 Å². The van der Waals surface area contributed by atoms with Crippen LogP contribution in [-0.4, -0.2) is 25.8 Å². The average molecular weight is 213 g/mol. The summed E-state index contributed by atoms with van der Waals surface area (Å²) in [4.78, 5) is 0. The minimum Gasteiger partial charge on any atom is -0.374 e. The van der Waals surface area contributed by atoms with E-state index in [-0.39, 0.29) is 5.60 Å². The summed E-state index contributed by atoms with van der Waals surface area (Å²) >= 11 is 0. The van der Waals surface area contributed by atoms with E-state index in [1.807, 2.05) is 7.05 Å². The fourth-order valence-electron chi connectivity index (χ4n) is 3.16. The third-order valence-electron chi connectivity index (χ3n) is 3.36. The van der Waals surface area contributed by atoms with Crippen LogP contribution in [0, 0.1) is 11.8 Å². The van der Waals surface area contributed by atoms with Crippen molar-refractivity contribution in [1.82, 2.24) is 5.32 Å². The SMILES string of the molecule is CCCOC1(CNC)CC(C)CC(C)C1. The van der Waals surface area contributed by atoms with E-state index in [2.05, 4.69) is 26.1 Å². The van der Waals surface area contributed by atoms with Crippen LogP contribution in [0.25, 0.3) is 0 Å². The van der Waals surface area contributed by atoms with Gasteiger partial charge in [-0.15, -0.1) is 0 Å². The second kappa shape index (κ2) is 5.86. The molecule has 0 saturated heterocycles. The zero-order valence-corrected chi connectivity index (χ0v) is 10.8. The fourth-order valence-corrected chi connectivity index (χ4v) is 3.16. The quantitative estimate of drug-likeness (QED) is 0.758. The van der Waals surface area contributed by atoms with Gasteiger partial charge in [0.2, 0.25) is 0 Å². The Labute approximate surface area is 94.8 Å². The lowest BCUT2D eigenvalue weighted by Gasteiger charge is -2.42. The van der Waals surface area contributed by atoms with Crippen molar-refractivity contribution < 1.29 is 4.74 Å². The van der Waals surface area contributed by atoms with Crippen LogP contribution in [0.2, 0.25) is 0 Å². The van der Waals surface area contributed by atoms with E-state index in [1.165, 1.54) is 19.3 Å². The number of hydrogen-bond donors (Lipinski definition) is 1. The van der Waals surface area contributed by atoms with Gasteiger partial charge in [-0.2, -0.15) is 0 Å². The molecule has 2 nitrogen and oxygen atoms in total. The number of likely N-dealkylation sites (N-methyl/N-ethyl adjacent to an activating group) is 1. The Morgan fingerprint density at radius 1 is 1.27 bits per heavy atom. The molecule has 0 aliphatic heterocycles. The van der Waals surface area contributed by atoms with Crippen LogP contribution >= 0.6 is 0 Å². The Hall–Kier alpha value is -0.0800. The molecule has 0 amide bonds. The zero-order valence-electron chi connectivity index (χ0n) is 10.8. The molecule has 90 valence electrons. The van der Waals surface area contributed by atoms with E-state index in [0.717, 1.165) is 31.4 Å². The largest absolute Gasteiger partial charge is 0.374 e. The van der Waals surface area contributed by atoms with Gasteiger partial charge in [-0.3, -0.25) is 0 Å². The third kappa shape index (κ3) is 3.76. The van der Waals surface area contributed by atoms with Crippen LogP contribution in [0.4, 0.5) is 0 Å². The van der Waals surface area contributed by atoms with Crippen LogP contribution in [0.5, 0.6) is 0 Å². The van der Waals surface area contributed by atoms with E-state index in [0.29, 0.717) is 0 Å². The van der Waals surface area contributed by atoms with Crippen LogP contribution in [0.15, 0.2) is 0 Å². The number of hydrogen-bond acceptors (Lipinski definition) is 2. The lowest BCUT2D eigenvalue weighted by molar-refractivity contribution is -0.0901. The lowest BCUT2D eigenvalue weighted by Crippen LogP contribution is -2.47. The maximum atomic E-state index is 6.14. The zero-order chi connectivity index (χ0) is 11.3. The molecule has 0 heterocycles. The van der Waals surface area contributed by atoms with E-state index in [4.69, 9.17) is 4.74 Å². The smallest absolute Gasteiger partial charge is 0.0811 e. The number of ether oxygens (including phenoxy) is 1. The molecular weight excluding hydrogens is 186 g/mol. The van der Waals surface area contributed by atoms with Crippen molar-refractivity contribution in [3.05, 3.63) is 0 Å². The highest BCUT2D eigenvalue weighted by Gasteiger charge is 2.38. The van der Waals surface area contributed by atoms with Gasteiger partial charge >= 0.3 is 0 Å². The highest BCUT2D eigenvalue weighted by molar-refractivity contribution is 4.91. The molecule has 0 aromatic carbocycles. The van der Waals surface area contributed by atoms with Gasteiger partial charge < -0.3 is 10.1 Å². The van der Waals surface area contributed by atoms with E-state index < -0.39 is 0 Å². The first-order chi connectivity index (χ1) is 7.12. The Kier molecular flexibility index (Phi) is 5.07. The summed E-state index contributed by atoms with van der Waals surface area (Å²) in [6.07, 6.45) is 4.92. The van der Waals surface area contributed by atoms with Crippen LogP contribution < -0.4 is 5.32 Å². The van der Waals surface area contributed by atoms with Crippen molar-refractivity contribution in [1.29, 1.82) is 0 Å². The van der Waals surface area contributed by atoms with Crippen molar-refractivity contribution in [2.24, 2.45) is 11.8 Å². The maximum absolute atomic E-state index is 6.14. The topological polar surface area (TPSA) is 21.3 Å². The van der Waals surface area contributed by atoms with Crippen molar-refractivity contribution in [3.8, 4) is 0 Å². The molecular formula is C13H27NO. The summed E-state index contributed by atoms with van der Waals surface area (Å²) in [5.74, 6) is 1.61. The Morgan fingerprint density at radius 3 is 2.33 bits per heavy atom. The summed E-state index contributed by atoms with van der Waals surface area (Å²) in [7, 11) is 2.03. The third-order valence-corrected chi connectivity index (χ3v) is 3.36. The highest BCUT2D eigenvalue weighted by atomic mass is 16.5. The standard InChI is InChI=1S/C13H27NO/c1-5-6-15-13(10-14-4)8-11(2)7-12(3)9-13/h11-12,14H,5-10H2,1-4H3. The highest BCUT2D eigenvalue weighted by Crippen LogP contribution is 2.38. The minimum absolute atomic E-state index is 0.113. The van der Waals surface area contributed by atoms with Crippen LogP contribution in [0.1, 0.15) is 46.5 Å².